The second-order valence-corrected chi connectivity index (χ2v) is 7.49. The molecule has 30 heavy (non-hydrogen) atoms. The molecule has 1 aliphatic rings. The highest BCUT2D eigenvalue weighted by Gasteiger charge is 2.36. The molecule has 1 fully saturated rings. The number of hydrogen-bond donors (Lipinski definition) is 1. The van der Waals surface area contributed by atoms with Gasteiger partial charge in [0.15, 0.2) is 0 Å². The van der Waals surface area contributed by atoms with Crippen molar-refractivity contribution in [2.24, 2.45) is 5.92 Å². The first-order chi connectivity index (χ1) is 14.5. The number of amides is 2. The Labute approximate surface area is 174 Å². The van der Waals surface area contributed by atoms with Crippen molar-refractivity contribution < 1.29 is 14.0 Å². The van der Waals surface area contributed by atoms with Gasteiger partial charge in [-0.15, -0.1) is 0 Å². The summed E-state index contributed by atoms with van der Waals surface area (Å²) in [6.45, 7) is 2.40. The standard InChI is InChI=1S/C23H23FN4O2/c1-16-7-8-21(20(24)13-16)27-15-17(14-22(27)29)23(30)25-11-9-18-10-12-28(26-18)19-5-3-2-4-6-19/h2-8,10,12-13,17H,9,11,14-15H2,1H3,(H,25,30). The molecule has 1 aromatic heterocycles. The van der Waals surface area contributed by atoms with Gasteiger partial charge in [-0.3, -0.25) is 9.59 Å². The summed E-state index contributed by atoms with van der Waals surface area (Å²) in [7, 11) is 0. The molecule has 7 heteroatoms. The molecule has 6 nitrogen and oxygen atoms in total. The average Bonchev–Trinajstić information content (AvgIpc) is 3.36. The molecule has 0 bridgehead atoms. The number of aryl methyl sites for hydroxylation is 1. The molecule has 1 unspecified atom stereocenters. The van der Waals surface area contributed by atoms with E-state index in [1.807, 2.05) is 42.6 Å². The first kappa shape index (κ1) is 19.8. The summed E-state index contributed by atoms with van der Waals surface area (Å²) in [4.78, 5) is 26.2. The number of nitrogens with zero attached hydrogens (tertiary/aromatic N) is 3. The largest absolute Gasteiger partial charge is 0.355 e. The molecule has 1 aliphatic heterocycles. The summed E-state index contributed by atoms with van der Waals surface area (Å²) < 4.78 is 16.0. The van der Waals surface area contributed by atoms with Crippen molar-refractivity contribution in [3.63, 3.8) is 0 Å². The highest BCUT2D eigenvalue weighted by atomic mass is 19.1. The summed E-state index contributed by atoms with van der Waals surface area (Å²) in [6.07, 6.45) is 2.56. The molecule has 1 atom stereocenters. The Morgan fingerprint density at radius 2 is 2.00 bits per heavy atom. The Morgan fingerprint density at radius 3 is 2.77 bits per heavy atom. The summed E-state index contributed by atoms with van der Waals surface area (Å²) >= 11 is 0. The van der Waals surface area contributed by atoms with Crippen LogP contribution in [0.1, 0.15) is 17.7 Å². The van der Waals surface area contributed by atoms with Crippen molar-refractivity contribution in [3.05, 3.63) is 77.9 Å². The van der Waals surface area contributed by atoms with Crippen LogP contribution in [0, 0.1) is 18.7 Å². The minimum absolute atomic E-state index is 0.0851. The van der Waals surface area contributed by atoms with Crippen LogP contribution in [0.4, 0.5) is 10.1 Å². The van der Waals surface area contributed by atoms with Crippen LogP contribution in [0.2, 0.25) is 0 Å². The fraction of sp³-hybridized carbons (Fsp3) is 0.261. The molecular formula is C23H23FN4O2. The van der Waals surface area contributed by atoms with E-state index < -0.39 is 11.7 Å². The summed E-state index contributed by atoms with van der Waals surface area (Å²) in [6, 6.07) is 16.4. The number of rotatable bonds is 6. The monoisotopic (exact) mass is 406 g/mol. The van der Waals surface area contributed by atoms with Crippen LogP contribution in [-0.4, -0.2) is 34.7 Å². The quantitative estimate of drug-likeness (QED) is 0.684. The van der Waals surface area contributed by atoms with Crippen LogP contribution in [0.15, 0.2) is 60.8 Å². The second kappa shape index (κ2) is 8.49. The molecule has 1 saturated heterocycles. The summed E-state index contributed by atoms with van der Waals surface area (Å²) in [5.74, 6) is -1.36. The van der Waals surface area contributed by atoms with Gasteiger partial charge in [-0.1, -0.05) is 24.3 Å². The highest BCUT2D eigenvalue weighted by molar-refractivity contribution is 6.00. The van der Waals surface area contributed by atoms with Gasteiger partial charge in [-0.25, -0.2) is 9.07 Å². The van der Waals surface area contributed by atoms with Crippen LogP contribution in [0.25, 0.3) is 5.69 Å². The van der Waals surface area contributed by atoms with Gasteiger partial charge < -0.3 is 10.2 Å². The highest BCUT2D eigenvalue weighted by Crippen LogP contribution is 2.28. The van der Waals surface area contributed by atoms with Crippen molar-refractivity contribution in [3.8, 4) is 5.69 Å². The predicted molar refractivity (Wildman–Crippen MR) is 112 cm³/mol. The maximum Gasteiger partial charge on any atom is 0.227 e. The fourth-order valence-electron chi connectivity index (χ4n) is 3.62. The van der Waals surface area contributed by atoms with E-state index in [1.165, 1.54) is 11.0 Å². The Hall–Kier alpha value is -3.48. The van der Waals surface area contributed by atoms with E-state index >= 15 is 0 Å². The first-order valence-electron chi connectivity index (χ1n) is 9.95. The van der Waals surface area contributed by atoms with Crippen LogP contribution in [0.5, 0.6) is 0 Å². The molecule has 1 N–H and O–H groups in total. The molecule has 0 saturated carbocycles. The van der Waals surface area contributed by atoms with Gasteiger partial charge in [0.25, 0.3) is 0 Å². The van der Waals surface area contributed by atoms with Crippen molar-refractivity contribution >= 4 is 17.5 Å². The van der Waals surface area contributed by atoms with Gasteiger partial charge in [-0.05, 0) is 42.8 Å². The lowest BCUT2D eigenvalue weighted by Crippen LogP contribution is -2.34. The topological polar surface area (TPSA) is 67.2 Å². The van der Waals surface area contributed by atoms with E-state index in [-0.39, 0.29) is 30.5 Å². The lowest BCUT2D eigenvalue weighted by Gasteiger charge is -2.17. The minimum atomic E-state index is -0.486. The van der Waals surface area contributed by atoms with Gasteiger partial charge in [0, 0.05) is 32.1 Å². The minimum Gasteiger partial charge on any atom is -0.355 e. The Morgan fingerprint density at radius 1 is 1.20 bits per heavy atom. The van der Waals surface area contributed by atoms with E-state index in [4.69, 9.17) is 0 Å². The van der Waals surface area contributed by atoms with Crippen molar-refractivity contribution in [1.82, 2.24) is 15.1 Å². The number of carbonyl (C=O) groups excluding carboxylic acids is 2. The smallest absolute Gasteiger partial charge is 0.227 e. The molecule has 154 valence electrons. The molecule has 0 spiro atoms. The van der Waals surface area contributed by atoms with Crippen LogP contribution in [0.3, 0.4) is 0 Å². The zero-order valence-electron chi connectivity index (χ0n) is 16.7. The molecule has 3 aromatic rings. The number of aromatic nitrogens is 2. The second-order valence-electron chi connectivity index (χ2n) is 7.49. The Bertz CT molecular complexity index is 1060. The molecule has 0 aliphatic carbocycles. The molecule has 2 heterocycles. The van der Waals surface area contributed by atoms with Gasteiger partial charge in [-0.2, -0.15) is 5.10 Å². The normalized spacial score (nSPS) is 16.1. The third-order valence-electron chi connectivity index (χ3n) is 5.24. The van der Waals surface area contributed by atoms with Crippen molar-refractivity contribution in [2.75, 3.05) is 18.0 Å². The molecule has 4 rings (SSSR count). The number of hydrogen-bond acceptors (Lipinski definition) is 3. The maximum atomic E-state index is 14.2. The number of anilines is 1. The van der Waals surface area contributed by atoms with Gasteiger partial charge in [0.1, 0.15) is 5.82 Å². The van der Waals surface area contributed by atoms with E-state index in [9.17, 15) is 14.0 Å². The lowest BCUT2D eigenvalue weighted by atomic mass is 10.1. The predicted octanol–water partition coefficient (Wildman–Crippen LogP) is 3.03. The SMILES string of the molecule is Cc1ccc(N2CC(C(=O)NCCc3ccn(-c4ccccc4)n3)CC2=O)c(F)c1. The van der Waals surface area contributed by atoms with E-state index in [0.29, 0.717) is 13.0 Å². The van der Waals surface area contributed by atoms with Gasteiger partial charge >= 0.3 is 0 Å². The molecule has 0 radical (unpaired) electrons. The number of carbonyl (C=O) groups is 2. The van der Waals surface area contributed by atoms with Crippen LogP contribution in [-0.2, 0) is 16.0 Å². The zero-order chi connectivity index (χ0) is 21.1. The lowest BCUT2D eigenvalue weighted by molar-refractivity contribution is -0.126. The van der Waals surface area contributed by atoms with Gasteiger partial charge in [0.05, 0.1) is 23.0 Å². The zero-order valence-corrected chi connectivity index (χ0v) is 16.7. The third kappa shape index (κ3) is 4.25. The average molecular weight is 406 g/mol. The number of nitrogens with one attached hydrogen (secondary N) is 1. The number of halogens is 1. The number of benzene rings is 2. The maximum absolute atomic E-state index is 14.2. The number of para-hydroxylation sites is 1. The van der Waals surface area contributed by atoms with E-state index in [1.54, 1.807) is 23.7 Å². The van der Waals surface area contributed by atoms with Crippen LogP contribution >= 0.6 is 0 Å². The Balaban J connectivity index is 1.31. The molecule has 2 amide bonds. The Kier molecular flexibility index (Phi) is 5.61. The van der Waals surface area contributed by atoms with E-state index in [0.717, 1.165) is 16.9 Å². The molecular weight excluding hydrogens is 383 g/mol. The van der Waals surface area contributed by atoms with Gasteiger partial charge in [0.2, 0.25) is 11.8 Å². The molecule has 2 aromatic carbocycles. The van der Waals surface area contributed by atoms with Crippen molar-refractivity contribution in [1.29, 1.82) is 0 Å². The fourth-order valence-corrected chi connectivity index (χ4v) is 3.62. The summed E-state index contributed by atoms with van der Waals surface area (Å²) in [5, 5.41) is 7.39. The van der Waals surface area contributed by atoms with E-state index in [2.05, 4.69) is 10.4 Å². The van der Waals surface area contributed by atoms with Crippen molar-refractivity contribution in [2.45, 2.75) is 19.8 Å². The van der Waals surface area contributed by atoms with Crippen LogP contribution < -0.4 is 10.2 Å². The first-order valence-corrected chi connectivity index (χ1v) is 9.95. The summed E-state index contributed by atoms with van der Waals surface area (Å²) in [5.41, 5.74) is 2.85. The third-order valence-corrected chi connectivity index (χ3v) is 5.24.